The van der Waals surface area contributed by atoms with Gasteiger partial charge in [0, 0.05) is 34.6 Å². The van der Waals surface area contributed by atoms with Crippen LogP contribution in [0.2, 0.25) is 0 Å². The summed E-state index contributed by atoms with van der Waals surface area (Å²) in [6.45, 7) is 7.32. The molecule has 2 aliphatic rings. The van der Waals surface area contributed by atoms with Crippen molar-refractivity contribution in [1.29, 1.82) is 0 Å². The Labute approximate surface area is 220 Å². The van der Waals surface area contributed by atoms with E-state index < -0.39 is 6.17 Å². The van der Waals surface area contributed by atoms with Crippen LogP contribution in [0.15, 0.2) is 53.5 Å². The standard InChI is InChI=1S/C29H32FN5OS/c1-18(26-9-10-27(37-26)23-8-4-3-7-20(23)16-34-11-5-6-12-34)31-29-24-17-35(22-13-21(30)14-22)28(36)15-25(24)32-19(2)33-29/h3-4,7-10,15,17-18,21-22H,5-6,11-14,16H2,1-2H3,(H,31,32,33). The summed E-state index contributed by atoms with van der Waals surface area (Å²) in [5, 5.41) is 4.36. The zero-order valence-electron chi connectivity index (χ0n) is 21.3. The molecule has 6 rings (SSSR count). The predicted octanol–water partition coefficient (Wildman–Crippen LogP) is 6.27. The molecule has 0 radical (unpaired) electrons. The summed E-state index contributed by atoms with van der Waals surface area (Å²) >= 11 is 1.80. The molecule has 1 atom stereocenters. The number of fused-ring (bicyclic) bond motifs is 1. The lowest BCUT2D eigenvalue weighted by Gasteiger charge is -2.31. The molecule has 37 heavy (non-hydrogen) atoms. The molecule has 1 aliphatic carbocycles. The van der Waals surface area contributed by atoms with E-state index in [0.717, 1.165) is 11.9 Å². The maximum Gasteiger partial charge on any atom is 0.252 e. The van der Waals surface area contributed by atoms with Crippen LogP contribution in [-0.4, -0.2) is 38.7 Å². The summed E-state index contributed by atoms with van der Waals surface area (Å²) in [5.74, 6) is 1.30. The highest BCUT2D eigenvalue weighted by molar-refractivity contribution is 7.15. The van der Waals surface area contributed by atoms with E-state index in [1.54, 1.807) is 28.2 Å². The molecule has 4 aromatic rings. The number of rotatable bonds is 7. The van der Waals surface area contributed by atoms with Gasteiger partial charge in [-0.3, -0.25) is 9.69 Å². The summed E-state index contributed by atoms with van der Waals surface area (Å²) in [6, 6.07) is 14.6. The molecule has 4 heterocycles. The average molecular weight is 518 g/mol. The largest absolute Gasteiger partial charge is 0.362 e. The van der Waals surface area contributed by atoms with Crippen LogP contribution < -0.4 is 10.9 Å². The molecule has 0 bridgehead atoms. The number of alkyl halides is 1. The van der Waals surface area contributed by atoms with Crippen LogP contribution in [0.5, 0.6) is 0 Å². The summed E-state index contributed by atoms with van der Waals surface area (Å²) in [7, 11) is 0. The molecule has 1 saturated carbocycles. The molecular weight excluding hydrogens is 485 g/mol. The Morgan fingerprint density at radius 3 is 2.70 bits per heavy atom. The Morgan fingerprint density at radius 1 is 1.14 bits per heavy atom. The van der Waals surface area contributed by atoms with Crippen molar-refractivity contribution < 1.29 is 4.39 Å². The first kappa shape index (κ1) is 24.2. The van der Waals surface area contributed by atoms with Gasteiger partial charge in [0.2, 0.25) is 0 Å². The quantitative estimate of drug-likeness (QED) is 0.313. The summed E-state index contributed by atoms with van der Waals surface area (Å²) in [6.07, 6.45) is 4.32. The lowest BCUT2D eigenvalue weighted by Crippen LogP contribution is -2.34. The molecule has 6 nitrogen and oxygen atoms in total. The van der Waals surface area contributed by atoms with Gasteiger partial charge in [-0.15, -0.1) is 11.3 Å². The van der Waals surface area contributed by atoms with E-state index in [1.807, 2.05) is 6.92 Å². The normalized spacial score (nSPS) is 20.7. The third-order valence-electron chi connectivity index (χ3n) is 7.60. The number of hydrogen-bond donors (Lipinski definition) is 1. The van der Waals surface area contributed by atoms with Crippen LogP contribution >= 0.6 is 11.3 Å². The number of hydrogen-bond acceptors (Lipinski definition) is 6. The van der Waals surface area contributed by atoms with Crippen LogP contribution in [0.25, 0.3) is 21.3 Å². The number of anilines is 1. The number of halogens is 1. The maximum absolute atomic E-state index is 13.5. The van der Waals surface area contributed by atoms with Crippen LogP contribution in [0.1, 0.15) is 61.0 Å². The number of benzene rings is 1. The highest BCUT2D eigenvalue weighted by Gasteiger charge is 2.31. The highest BCUT2D eigenvalue weighted by atomic mass is 32.1. The van der Waals surface area contributed by atoms with Gasteiger partial charge in [-0.05, 0) is 75.9 Å². The number of aromatic nitrogens is 3. The highest BCUT2D eigenvalue weighted by Crippen LogP contribution is 2.37. The van der Waals surface area contributed by atoms with Gasteiger partial charge in [-0.1, -0.05) is 24.3 Å². The van der Waals surface area contributed by atoms with Gasteiger partial charge in [0.05, 0.1) is 16.9 Å². The fourth-order valence-electron chi connectivity index (χ4n) is 5.47. The number of aryl methyl sites for hydroxylation is 1. The van der Waals surface area contributed by atoms with E-state index in [1.165, 1.54) is 46.8 Å². The minimum absolute atomic E-state index is 0.0151. The summed E-state index contributed by atoms with van der Waals surface area (Å²) < 4.78 is 15.1. The number of nitrogens with one attached hydrogen (secondary N) is 1. The molecular formula is C29H32FN5OS. The first-order valence-electron chi connectivity index (χ1n) is 13.2. The van der Waals surface area contributed by atoms with Crippen molar-refractivity contribution >= 4 is 28.1 Å². The van der Waals surface area contributed by atoms with Gasteiger partial charge >= 0.3 is 0 Å². The molecule has 1 aliphatic heterocycles. The van der Waals surface area contributed by atoms with Crippen LogP contribution in [0, 0.1) is 6.92 Å². The van der Waals surface area contributed by atoms with E-state index in [9.17, 15) is 9.18 Å². The van der Waals surface area contributed by atoms with Crippen molar-refractivity contribution in [2.45, 2.75) is 64.3 Å². The Hall–Kier alpha value is -3.10. The third-order valence-corrected chi connectivity index (χ3v) is 8.90. The second kappa shape index (κ2) is 9.99. The molecule has 1 N–H and O–H groups in total. The average Bonchev–Trinajstić information content (AvgIpc) is 3.55. The second-order valence-electron chi connectivity index (χ2n) is 10.4. The topological polar surface area (TPSA) is 63.1 Å². The zero-order chi connectivity index (χ0) is 25.5. The first-order valence-corrected chi connectivity index (χ1v) is 14.0. The lowest BCUT2D eigenvalue weighted by atomic mass is 9.90. The molecule has 2 fully saturated rings. The maximum atomic E-state index is 13.5. The smallest absolute Gasteiger partial charge is 0.252 e. The molecule has 0 amide bonds. The Morgan fingerprint density at radius 2 is 1.92 bits per heavy atom. The Bertz CT molecular complexity index is 1490. The molecule has 0 spiro atoms. The van der Waals surface area contributed by atoms with E-state index in [0.29, 0.717) is 30.0 Å². The van der Waals surface area contributed by atoms with Gasteiger partial charge in [0.1, 0.15) is 17.8 Å². The first-order chi connectivity index (χ1) is 17.9. The number of pyridine rings is 1. The van der Waals surface area contributed by atoms with Crippen LogP contribution in [0.4, 0.5) is 10.2 Å². The van der Waals surface area contributed by atoms with E-state index in [4.69, 9.17) is 0 Å². The fourth-order valence-corrected chi connectivity index (χ4v) is 6.54. The van der Waals surface area contributed by atoms with Crippen molar-refractivity contribution in [3.8, 4) is 10.4 Å². The van der Waals surface area contributed by atoms with Crippen molar-refractivity contribution in [3.63, 3.8) is 0 Å². The molecule has 1 saturated heterocycles. The minimum atomic E-state index is -0.826. The molecule has 3 aromatic heterocycles. The predicted molar refractivity (Wildman–Crippen MR) is 148 cm³/mol. The Balaban J connectivity index is 1.27. The third kappa shape index (κ3) is 4.92. The van der Waals surface area contributed by atoms with Gasteiger partial charge in [0.25, 0.3) is 5.56 Å². The van der Waals surface area contributed by atoms with Crippen LogP contribution in [-0.2, 0) is 6.54 Å². The van der Waals surface area contributed by atoms with E-state index in [-0.39, 0.29) is 17.6 Å². The monoisotopic (exact) mass is 517 g/mol. The SMILES string of the molecule is Cc1nc(NC(C)c2ccc(-c3ccccc3CN3CCCC3)s2)c2cn(C3CC(F)C3)c(=O)cc2n1. The molecule has 192 valence electrons. The Kier molecular flexibility index (Phi) is 6.55. The summed E-state index contributed by atoms with van der Waals surface area (Å²) in [4.78, 5) is 26.9. The van der Waals surface area contributed by atoms with E-state index in [2.05, 4.69) is 63.5 Å². The van der Waals surface area contributed by atoms with Crippen LogP contribution in [0.3, 0.4) is 0 Å². The summed E-state index contributed by atoms with van der Waals surface area (Å²) in [5.41, 5.74) is 3.15. The van der Waals surface area contributed by atoms with E-state index >= 15 is 0 Å². The van der Waals surface area contributed by atoms with Crippen molar-refractivity contribution in [2.75, 3.05) is 18.4 Å². The minimum Gasteiger partial charge on any atom is -0.362 e. The molecule has 1 unspecified atom stereocenters. The van der Waals surface area contributed by atoms with Crippen molar-refractivity contribution in [1.82, 2.24) is 19.4 Å². The van der Waals surface area contributed by atoms with Gasteiger partial charge in [0.15, 0.2) is 0 Å². The lowest BCUT2D eigenvalue weighted by molar-refractivity contribution is 0.134. The fraction of sp³-hybridized carbons (Fsp3) is 0.414. The van der Waals surface area contributed by atoms with Gasteiger partial charge in [-0.25, -0.2) is 14.4 Å². The molecule has 1 aromatic carbocycles. The van der Waals surface area contributed by atoms with Gasteiger partial charge < -0.3 is 9.88 Å². The van der Waals surface area contributed by atoms with Crippen molar-refractivity contribution in [3.05, 3.63) is 75.3 Å². The number of nitrogens with zero attached hydrogens (tertiary/aromatic N) is 4. The number of thiophene rings is 1. The van der Waals surface area contributed by atoms with Crippen molar-refractivity contribution in [2.24, 2.45) is 0 Å². The second-order valence-corrected chi connectivity index (χ2v) is 11.5. The van der Waals surface area contributed by atoms with Gasteiger partial charge in [-0.2, -0.15) is 0 Å². The number of likely N-dealkylation sites (tertiary alicyclic amines) is 1. The zero-order valence-corrected chi connectivity index (χ0v) is 22.1. The molecule has 8 heteroatoms.